The lowest BCUT2D eigenvalue weighted by atomic mass is 10.2. The van der Waals surface area contributed by atoms with Crippen molar-refractivity contribution in [2.45, 2.75) is 13.3 Å². The lowest BCUT2D eigenvalue weighted by Crippen LogP contribution is -2.33. The van der Waals surface area contributed by atoms with E-state index in [1.54, 1.807) is 17.2 Å². The predicted molar refractivity (Wildman–Crippen MR) is 78.5 cm³/mol. The van der Waals surface area contributed by atoms with E-state index >= 15 is 0 Å². The largest absolute Gasteiger partial charge is 0.370 e. The molecule has 106 valence electrons. The number of hydrogen-bond donors (Lipinski definition) is 1. The smallest absolute Gasteiger partial charge is 0.253 e. The Hall–Kier alpha value is -1.62. The zero-order valence-corrected chi connectivity index (χ0v) is 12.3. The van der Waals surface area contributed by atoms with Crippen molar-refractivity contribution in [2.75, 3.05) is 46.1 Å². The summed E-state index contributed by atoms with van der Waals surface area (Å²) in [4.78, 5) is 20.2. The standard InChI is InChI=1S/C14H24N4O/c1-5-7-15-13-11-12(6-8-16-13)14(19)18(4)10-9-17(2)3/h6,8,11H,5,7,9-10H2,1-4H3,(H,15,16). The van der Waals surface area contributed by atoms with E-state index in [0.29, 0.717) is 12.1 Å². The van der Waals surface area contributed by atoms with Gasteiger partial charge >= 0.3 is 0 Å². The molecule has 0 aromatic carbocycles. The fraction of sp³-hybridized carbons (Fsp3) is 0.571. The highest BCUT2D eigenvalue weighted by Crippen LogP contribution is 2.09. The summed E-state index contributed by atoms with van der Waals surface area (Å²) in [6.07, 6.45) is 2.70. The molecule has 0 aliphatic rings. The molecule has 1 aromatic rings. The van der Waals surface area contributed by atoms with Crippen LogP contribution >= 0.6 is 0 Å². The van der Waals surface area contributed by atoms with Crippen LogP contribution in [-0.2, 0) is 0 Å². The average molecular weight is 264 g/mol. The number of hydrogen-bond acceptors (Lipinski definition) is 4. The fourth-order valence-corrected chi connectivity index (χ4v) is 1.59. The minimum atomic E-state index is 0.0313. The quantitative estimate of drug-likeness (QED) is 0.811. The van der Waals surface area contributed by atoms with Gasteiger partial charge in [0.1, 0.15) is 5.82 Å². The summed E-state index contributed by atoms with van der Waals surface area (Å²) in [5.74, 6) is 0.789. The number of rotatable bonds is 7. The molecular formula is C14H24N4O. The SMILES string of the molecule is CCCNc1cc(C(=O)N(C)CCN(C)C)ccn1. The van der Waals surface area contributed by atoms with Gasteiger partial charge in [-0.2, -0.15) is 0 Å². The number of carbonyl (C=O) groups is 1. The first-order valence-corrected chi connectivity index (χ1v) is 6.64. The Bertz CT molecular complexity index is 406. The van der Waals surface area contributed by atoms with Crippen molar-refractivity contribution in [2.24, 2.45) is 0 Å². The summed E-state index contributed by atoms with van der Waals surface area (Å²) >= 11 is 0. The second kappa shape index (κ2) is 7.74. The first-order chi connectivity index (χ1) is 9.04. The van der Waals surface area contributed by atoms with Gasteiger partial charge < -0.3 is 15.1 Å². The van der Waals surface area contributed by atoms with Crippen molar-refractivity contribution in [3.8, 4) is 0 Å². The number of nitrogens with one attached hydrogen (secondary N) is 1. The van der Waals surface area contributed by atoms with Gasteiger partial charge in [0, 0.05) is 38.4 Å². The molecule has 0 saturated carbocycles. The molecule has 0 fully saturated rings. The van der Waals surface area contributed by atoms with Crippen molar-refractivity contribution in [3.63, 3.8) is 0 Å². The Morgan fingerprint density at radius 1 is 1.32 bits per heavy atom. The number of aromatic nitrogens is 1. The van der Waals surface area contributed by atoms with Crippen molar-refractivity contribution in [1.82, 2.24) is 14.8 Å². The highest BCUT2D eigenvalue weighted by molar-refractivity contribution is 5.94. The van der Waals surface area contributed by atoms with E-state index < -0.39 is 0 Å². The van der Waals surface area contributed by atoms with Crippen molar-refractivity contribution < 1.29 is 4.79 Å². The molecule has 0 radical (unpaired) electrons. The van der Waals surface area contributed by atoms with E-state index in [0.717, 1.165) is 25.3 Å². The molecule has 1 rings (SSSR count). The van der Waals surface area contributed by atoms with E-state index in [-0.39, 0.29) is 5.91 Å². The normalized spacial score (nSPS) is 10.6. The molecule has 0 aliphatic carbocycles. The van der Waals surface area contributed by atoms with Crippen LogP contribution in [0.15, 0.2) is 18.3 Å². The van der Waals surface area contributed by atoms with Gasteiger partial charge in [-0.25, -0.2) is 4.98 Å². The molecule has 1 heterocycles. The number of pyridine rings is 1. The van der Waals surface area contributed by atoms with E-state index in [2.05, 4.69) is 22.1 Å². The number of nitrogens with zero attached hydrogens (tertiary/aromatic N) is 3. The van der Waals surface area contributed by atoms with Gasteiger partial charge in [0.2, 0.25) is 0 Å². The third-order valence-corrected chi connectivity index (χ3v) is 2.79. The van der Waals surface area contributed by atoms with Crippen LogP contribution in [0, 0.1) is 0 Å². The highest BCUT2D eigenvalue weighted by Gasteiger charge is 2.12. The van der Waals surface area contributed by atoms with Crippen LogP contribution in [0.2, 0.25) is 0 Å². The molecule has 0 bridgehead atoms. The molecule has 1 amide bonds. The van der Waals surface area contributed by atoms with Gasteiger partial charge in [0.25, 0.3) is 5.91 Å². The predicted octanol–water partition coefficient (Wildman–Crippen LogP) is 1.54. The third kappa shape index (κ3) is 5.26. The first kappa shape index (κ1) is 15.4. The van der Waals surface area contributed by atoms with Crippen LogP contribution in [0.4, 0.5) is 5.82 Å². The summed E-state index contributed by atoms with van der Waals surface area (Å²) in [7, 11) is 5.82. The molecule has 0 aliphatic heterocycles. The summed E-state index contributed by atoms with van der Waals surface area (Å²) in [5, 5.41) is 3.19. The lowest BCUT2D eigenvalue weighted by Gasteiger charge is -2.19. The van der Waals surface area contributed by atoms with Crippen LogP contribution in [-0.4, -0.2) is 61.5 Å². The van der Waals surface area contributed by atoms with Gasteiger partial charge in [-0.3, -0.25) is 4.79 Å². The third-order valence-electron chi connectivity index (χ3n) is 2.79. The molecule has 1 N–H and O–H groups in total. The summed E-state index contributed by atoms with van der Waals surface area (Å²) in [5.41, 5.74) is 0.676. The fourth-order valence-electron chi connectivity index (χ4n) is 1.59. The van der Waals surface area contributed by atoms with Crippen LogP contribution < -0.4 is 5.32 Å². The van der Waals surface area contributed by atoms with E-state index in [1.807, 2.05) is 27.2 Å². The molecule has 0 unspecified atom stereocenters. The average Bonchev–Trinajstić information content (AvgIpc) is 2.41. The Labute approximate surface area is 115 Å². The Morgan fingerprint density at radius 3 is 2.68 bits per heavy atom. The maximum Gasteiger partial charge on any atom is 0.253 e. The molecule has 19 heavy (non-hydrogen) atoms. The van der Waals surface area contributed by atoms with E-state index in [1.165, 1.54) is 0 Å². The zero-order chi connectivity index (χ0) is 14.3. The molecular weight excluding hydrogens is 240 g/mol. The minimum absolute atomic E-state index is 0.0313. The molecule has 1 aromatic heterocycles. The van der Waals surface area contributed by atoms with Gasteiger partial charge in [0.05, 0.1) is 0 Å². The first-order valence-electron chi connectivity index (χ1n) is 6.64. The number of carbonyl (C=O) groups excluding carboxylic acids is 1. The Balaban J connectivity index is 2.65. The topological polar surface area (TPSA) is 48.5 Å². The highest BCUT2D eigenvalue weighted by atomic mass is 16.2. The van der Waals surface area contributed by atoms with Crippen LogP contribution in [0.1, 0.15) is 23.7 Å². The summed E-state index contributed by atoms with van der Waals surface area (Å²) in [6, 6.07) is 3.57. The van der Waals surface area contributed by atoms with Crippen LogP contribution in [0.5, 0.6) is 0 Å². The minimum Gasteiger partial charge on any atom is -0.370 e. The second-order valence-corrected chi connectivity index (χ2v) is 4.89. The monoisotopic (exact) mass is 264 g/mol. The van der Waals surface area contributed by atoms with Crippen LogP contribution in [0.25, 0.3) is 0 Å². The maximum atomic E-state index is 12.2. The molecule has 0 atom stereocenters. The summed E-state index contributed by atoms with van der Waals surface area (Å²) in [6.45, 7) is 4.53. The zero-order valence-electron chi connectivity index (χ0n) is 12.3. The van der Waals surface area contributed by atoms with Crippen molar-refractivity contribution >= 4 is 11.7 Å². The van der Waals surface area contributed by atoms with E-state index in [4.69, 9.17) is 0 Å². The van der Waals surface area contributed by atoms with Gasteiger partial charge in [-0.05, 0) is 32.6 Å². The summed E-state index contributed by atoms with van der Waals surface area (Å²) < 4.78 is 0. The Morgan fingerprint density at radius 2 is 2.05 bits per heavy atom. The molecule has 5 nitrogen and oxygen atoms in total. The van der Waals surface area contributed by atoms with Crippen molar-refractivity contribution in [3.05, 3.63) is 23.9 Å². The van der Waals surface area contributed by atoms with Gasteiger partial charge in [-0.1, -0.05) is 6.92 Å². The lowest BCUT2D eigenvalue weighted by molar-refractivity contribution is 0.0786. The number of likely N-dealkylation sites (N-methyl/N-ethyl adjacent to an activating group) is 2. The molecule has 5 heteroatoms. The number of amides is 1. The van der Waals surface area contributed by atoms with E-state index in [9.17, 15) is 4.79 Å². The number of anilines is 1. The second-order valence-electron chi connectivity index (χ2n) is 4.89. The van der Waals surface area contributed by atoms with Crippen molar-refractivity contribution in [1.29, 1.82) is 0 Å². The maximum absolute atomic E-state index is 12.2. The Kier molecular flexibility index (Phi) is 6.29. The van der Waals surface area contributed by atoms with Gasteiger partial charge in [0.15, 0.2) is 0 Å². The molecule has 0 saturated heterocycles. The molecule has 0 spiro atoms. The van der Waals surface area contributed by atoms with Crippen LogP contribution in [0.3, 0.4) is 0 Å². The van der Waals surface area contributed by atoms with Gasteiger partial charge in [-0.15, -0.1) is 0 Å².